The molecular weight excluding hydrogens is 407 g/mol. The molecule has 0 bridgehead atoms. The van der Waals surface area contributed by atoms with Gasteiger partial charge in [0.15, 0.2) is 0 Å². The van der Waals surface area contributed by atoms with Gasteiger partial charge in [-0.2, -0.15) is 5.26 Å². The molecule has 0 aliphatic heterocycles. The van der Waals surface area contributed by atoms with Crippen LogP contribution in [0.25, 0.3) is 0 Å². The number of nitriles is 1. The number of nitrogens with one attached hydrogen (secondary N) is 1. The number of unbranched alkanes of at least 4 members (excludes halogenated alkanes) is 1. The van der Waals surface area contributed by atoms with Crippen molar-refractivity contribution >= 4 is 31.6 Å². The van der Waals surface area contributed by atoms with E-state index >= 15 is 0 Å². The van der Waals surface area contributed by atoms with Crippen molar-refractivity contribution in [2.24, 2.45) is 0 Å². The fraction of sp³-hybridized carbons (Fsp3) is 0.333. The second kappa shape index (κ2) is 13.9. The van der Waals surface area contributed by atoms with Gasteiger partial charge in [0.25, 0.3) is 5.91 Å². The highest BCUT2D eigenvalue weighted by Crippen LogP contribution is 2.25. The number of amides is 1. The summed E-state index contributed by atoms with van der Waals surface area (Å²) in [4.78, 5) is 21.8. The average molecular weight is 433 g/mol. The highest BCUT2D eigenvalue weighted by Gasteiger charge is 2.13. The molecule has 29 heavy (non-hydrogen) atoms. The Hall–Kier alpha value is -2.23. The Morgan fingerprint density at radius 1 is 1.17 bits per heavy atom. The Balaban J connectivity index is 0.000000960. The summed E-state index contributed by atoms with van der Waals surface area (Å²) >= 11 is 1.08. The quantitative estimate of drug-likeness (QED) is 0.299. The Morgan fingerprint density at radius 2 is 1.83 bits per heavy atom. The summed E-state index contributed by atoms with van der Waals surface area (Å²) in [7, 11) is -2.64. The molecule has 0 saturated carbocycles. The minimum absolute atomic E-state index is 0.00556. The van der Waals surface area contributed by atoms with E-state index in [-0.39, 0.29) is 12.5 Å². The molecule has 8 heteroatoms. The topological polar surface area (TPSA) is 99.4 Å². The summed E-state index contributed by atoms with van der Waals surface area (Å²) in [5.41, 5.74) is 2.82. The lowest BCUT2D eigenvalue weighted by Crippen LogP contribution is -2.13. The first kappa shape index (κ1) is 24.8. The van der Waals surface area contributed by atoms with Crippen LogP contribution in [0.15, 0.2) is 47.4 Å². The van der Waals surface area contributed by atoms with Crippen LogP contribution in [-0.4, -0.2) is 10.8 Å². The number of rotatable bonds is 8. The molecule has 2 aromatic rings. The lowest BCUT2D eigenvalue weighted by Gasteiger charge is -2.11. The van der Waals surface area contributed by atoms with Crippen molar-refractivity contribution in [2.45, 2.75) is 51.5 Å². The molecule has 2 rings (SSSR count). The van der Waals surface area contributed by atoms with Gasteiger partial charge in [0, 0.05) is 20.7 Å². The van der Waals surface area contributed by atoms with E-state index in [2.05, 4.69) is 23.7 Å². The molecule has 0 spiro atoms. The van der Waals surface area contributed by atoms with Crippen LogP contribution in [0, 0.1) is 10.7 Å². The van der Waals surface area contributed by atoms with Crippen LogP contribution >= 0.6 is 20.0 Å². The molecule has 0 aliphatic carbocycles. The zero-order valence-corrected chi connectivity index (χ0v) is 18.6. The van der Waals surface area contributed by atoms with Crippen molar-refractivity contribution < 1.29 is 18.8 Å². The van der Waals surface area contributed by atoms with Crippen LogP contribution in [0.2, 0.25) is 0 Å². The molecule has 154 valence electrons. The van der Waals surface area contributed by atoms with Crippen LogP contribution in [0.4, 0.5) is 5.69 Å². The largest absolute Gasteiger partial charge is 0.695 e. The first-order chi connectivity index (χ1) is 13.9. The maximum atomic E-state index is 12.4. The van der Waals surface area contributed by atoms with Gasteiger partial charge in [-0.15, -0.1) is 9.42 Å². The zero-order valence-electron chi connectivity index (χ0n) is 16.8. The third kappa shape index (κ3) is 9.21. The van der Waals surface area contributed by atoms with E-state index in [0.29, 0.717) is 16.8 Å². The third-order valence-corrected chi connectivity index (χ3v) is 4.86. The van der Waals surface area contributed by atoms with Crippen molar-refractivity contribution in [3.63, 3.8) is 0 Å². The molecule has 1 atom stereocenters. The maximum absolute atomic E-state index is 12.4. The van der Waals surface area contributed by atoms with Gasteiger partial charge in [-0.1, -0.05) is 45.7 Å². The first-order valence-corrected chi connectivity index (χ1v) is 11.3. The molecule has 0 aliphatic rings. The van der Waals surface area contributed by atoms with E-state index in [1.165, 1.54) is 12.8 Å². The van der Waals surface area contributed by atoms with Crippen molar-refractivity contribution in [1.29, 1.82) is 5.26 Å². The van der Waals surface area contributed by atoms with Crippen LogP contribution in [0.5, 0.6) is 0 Å². The fourth-order valence-corrected chi connectivity index (χ4v) is 2.88. The van der Waals surface area contributed by atoms with Gasteiger partial charge in [-0.05, 0) is 59.6 Å². The Bertz CT molecular complexity index is 849. The molecular formula is C21H26N2O4PS+. The molecule has 2 N–H and O–H groups in total. The van der Waals surface area contributed by atoms with E-state index in [0.717, 1.165) is 28.6 Å². The van der Waals surface area contributed by atoms with E-state index < -0.39 is 8.25 Å². The normalized spacial score (nSPS) is 10.4. The molecule has 0 saturated heterocycles. The molecule has 0 aromatic heterocycles. The first-order valence-electron chi connectivity index (χ1n) is 9.33. The zero-order chi connectivity index (χ0) is 21.6. The Kier molecular flexibility index (Phi) is 11.9. The lowest BCUT2D eigenvalue weighted by atomic mass is 10.1. The lowest BCUT2D eigenvalue weighted by molar-refractivity contribution is 0.102. The second-order valence-electron chi connectivity index (χ2n) is 6.03. The van der Waals surface area contributed by atoms with E-state index in [1.54, 1.807) is 36.4 Å². The van der Waals surface area contributed by atoms with Gasteiger partial charge < -0.3 is 5.32 Å². The van der Waals surface area contributed by atoms with Gasteiger partial charge >= 0.3 is 8.25 Å². The van der Waals surface area contributed by atoms with E-state index in [1.807, 2.05) is 18.4 Å². The molecule has 0 heterocycles. The summed E-state index contributed by atoms with van der Waals surface area (Å²) in [5, 5.41) is 13.6. The second-order valence-corrected chi connectivity index (χ2v) is 7.62. The van der Waals surface area contributed by atoms with Crippen molar-refractivity contribution in [1.82, 2.24) is 0 Å². The Morgan fingerprint density at radius 3 is 2.34 bits per heavy atom. The highest BCUT2D eigenvalue weighted by atomic mass is 32.2. The summed E-state index contributed by atoms with van der Waals surface area (Å²) in [6, 6.07) is 12.1. The van der Waals surface area contributed by atoms with Crippen molar-refractivity contribution in [3.8, 4) is 5.40 Å². The number of aryl methyl sites for hydroxylation is 1. The monoisotopic (exact) mass is 433 g/mol. The number of hydrogen-bond donors (Lipinski definition) is 2. The van der Waals surface area contributed by atoms with Crippen LogP contribution in [0.1, 0.15) is 55.1 Å². The minimum atomic E-state index is -2.64. The predicted octanol–water partition coefficient (Wildman–Crippen LogP) is 6.05. The number of thioether (sulfide) groups is 1. The molecule has 0 fully saturated rings. The number of carbonyl (C=O) groups is 1. The van der Waals surface area contributed by atoms with E-state index in [9.17, 15) is 9.36 Å². The van der Waals surface area contributed by atoms with Crippen LogP contribution < -0.4 is 5.32 Å². The van der Waals surface area contributed by atoms with Crippen molar-refractivity contribution in [2.75, 3.05) is 5.32 Å². The fourth-order valence-electron chi connectivity index (χ4n) is 2.18. The number of carbonyl (C=O) groups excluding carboxylic acids is 1. The summed E-state index contributed by atoms with van der Waals surface area (Å²) in [6.45, 7) is 6.35. The number of benzene rings is 2. The number of thiocyanates is 1. The number of hydrogen-bond acceptors (Lipinski definition) is 5. The van der Waals surface area contributed by atoms with Gasteiger partial charge in [0.1, 0.15) is 12.0 Å². The molecule has 0 radical (unpaired) electrons. The summed E-state index contributed by atoms with van der Waals surface area (Å²) in [6.07, 6.45) is 3.37. The van der Waals surface area contributed by atoms with Crippen LogP contribution in [-0.2, 0) is 22.1 Å². The molecule has 1 amide bonds. The van der Waals surface area contributed by atoms with Gasteiger partial charge in [0.2, 0.25) is 0 Å². The standard InChI is InChI=1S/C17H15N2O4PS.C4H10/c1-2-13-9-15(25-11-18)7-8-16(13)19-17(20)14-5-3-12(4-6-14)10-23-24(21)22;1-3-4-2/h3-9H,2,10H2,1H3,(H-,19,20,21,22);3-4H2,1-2H3/p+1. The smallest absolute Gasteiger partial charge is 0.322 e. The minimum Gasteiger partial charge on any atom is -0.322 e. The summed E-state index contributed by atoms with van der Waals surface area (Å²) in [5.74, 6) is -0.254. The third-order valence-electron chi connectivity index (χ3n) is 3.93. The van der Waals surface area contributed by atoms with E-state index in [4.69, 9.17) is 10.2 Å². The van der Waals surface area contributed by atoms with Gasteiger partial charge in [-0.3, -0.25) is 4.79 Å². The molecule has 2 aromatic carbocycles. The maximum Gasteiger partial charge on any atom is 0.695 e. The van der Waals surface area contributed by atoms with Crippen molar-refractivity contribution in [3.05, 3.63) is 59.2 Å². The molecule has 1 unspecified atom stereocenters. The van der Waals surface area contributed by atoms with Crippen LogP contribution in [0.3, 0.4) is 0 Å². The highest BCUT2D eigenvalue weighted by molar-refractivity contribution is 8.03. The van der Waals surface area contributed by atoms with Gasteiger partial charge in [-0.25, -0.2) is 0 Å². The Labute approximate surface area is 177 Å². The number of nitrogens with zero attached hydrogens (tertiary/aromatic N) is 1. The average Bonchev–Trinajstić information content (AvgIpc) is 2.74. The predicted molar refractivity (Wildman–Crippen MR) is 117 cm³/mol. The molecule has 6 nitrogen and oxygen atoms in total. The number of anilines is 1. The SMILES string of the molecule is CCCC.CCc1cc(SC#N)ccc1NC(=O)c1ccc(CO[P+](=O)O)cc1. The van der Waals surface area contributed by atoms with Gasteiger partial charge in [0.05, 0.1) is 0 Å². The summed E-state index contributed by atoms with van der Waals surface area (Å²) < 4.78 is 15.1.